The molecular weight excluding hydrogens is 492 g/mol. The van der Waals surface area contributed by atoms with Crippen molar-refractivity contribution in [2.45, 2.75) is 95.7 Å². The molecule has 1 atom stereocenters. The number of carbonyl (C=O) groups is 3. The van der Waals surface area contributed by atoms with Gasteiger partial charge in [0.25, 0.3) is 5.91 Å². The topological polar surface area (TPSA) is 91.0 Å². The van der Waals surface area contributed by atoms with E-state index in [-0.39, 0.29) is 23.8 Å². The molecule has 4 rings (SSSR count). The molecule has 1 aromatic carbocycles. The first-order valence-corrected chi connectivity index (χ1v) is 15.2. The van der Waals surface area contributed by atoms with Crippen LogP contribution in [0, 0.1) is 5.92 Å². The summed E-state index contributed by atoms with van der Waals surface area (Å²) in [4.78, 5) is 44.1. The first kappa shape index (κ1) is 29.5. The van der Waals surface area contributed by atoms with Gasteiger partial charge < -0.3 is 20.3 Å². The molecule has 2 aliphatic heterocycles. The molecule has 216 valence electrons. The first-order chi connectivity index (χ1) is 19.0. The molecule has 0 bridgehead atoms. The number of hydrogen-bond acceptors (Lipinski definition) is 5. The molecule has 1 saturated carbocycles. The third kappa shape index (κ3) is 7.40. The largest absolute Gasteiger partial charge is 0.385 e. The van der Waals surface area contributed by atoms with Gasteiger partial charge in [-0.15, -0.1) is 0 Å². The van der Waals surface area contributed by atoms with Crippen LogP contribution in [0.2, 0.25) is 0 Å². The van der Waals surface area contributed by atoms with Crippen LogP contribution in [-0.2, 0) is 20.9 Å². The summed E-state index contributed by atoms with van der Waals surface area (Å²) in [5.41, 5.74) is 1.07. The average Bonchev–Trinajstić information content (AvgIpc) is 2.96. The van der Waals surface area contributed by atoms with Crippen molar-refractivity contribution in [2.24, 2.45) is 5.92 Å². The van der Waals surface area contributed by atoms with E-state index in [2.05, 4.69) is 22.5 Å². The monoisotopic (exact) mass is 540 g/mol. The Kier molecular flexibility index (Phi) is 10.8. The number of methoxy groups -OCH3 is 1. The number of nitrogens with one attached hydrogen (secondary N) is 2. The lowest BCUT2D eigenvalue weighted by Crippen LogP contribution is -2.73. The SMILES string of the molecule is CCCCN1C(=O)[C@H](CC2CCCCC2)NC(=O)C12CCN(Cc1ccc(C(=O)NCCCOC)cc1)CC2. The second-order valence-electron chi connectivity index (χ2n) is 11.7. The molecule has 3 aliphatic rings. The highest BCUT2D eigenvalue weighted by molar-refractivity contribution is 6.00. The van der Waals surface area contributed by atoms with Gasteiger partial charge >= 0.3 is 0 Å². The maximum absolute atomic E-state index is 13.7. The van der Waals surface area contributed by atoms with Gasteiger partial charge in [0.05, 0.1) is 0 Å². The summed E-state index contributed by atoms with van der Waals surface area (Å²) >= 11 is 0. The number of piperazine rings is 1. The molecule has 2 saturated heterocycles. The Morgan fingerprint density at radius 2 is 1.79 bits per heavy atom. The van der Waals surface area contributed by atoms with Crippen molar-refractivity contribution in [3.05, 3.63) is 35.4 Å². The standard InChI is InChI=1S/C31H48N4O4/c1-3-4-18-35-29(37)27(22-24-9-6-5-7-10-24)33-30(38)31(35)15-19-34(20-16-31)23-25-11-13-26(14-12-25)28(36)32-17-8-21-39-2/h11-14,24,27H,3-10,15-23H2,1-2H3,(H,32,36)(H,33,38)/t27-/m0/s1. The van der Waals surface area contributed by atoms with Gasteiger partial charge in [0, 0.05) is 52.0 Å². The van der Waals surface area contributed by atoms with E-state index in [1.54, 1.807) is 7.11 Å². The van der Waals surface area contributed by atoms with E-state index >= 15 is 0 Å². The summed E-state index contributed by atoms with van der Waals surface area (Å²) in [6.45, 7) is 6.32. The zero-order valence-electron chi connectivity index (χ0n) is 24.0. The van der Waals surface area contributed by atoms with E-state index in [0.717, 1.165) is 50.9 Å². The maximum atomic E-state index is 13.7. The zero-order chi connectivity index (χ0) is 27.7. The van der Waals surface area contributed by atoms with Gasteiger partial charge in [-0.3, -0.25) is 19.3 Å². The normalized spacial score (nSPS) is 22.2. The van der Waals surface area contributed by atoms with Crippen molar-refractivity contribution in [1.82, 2.24) is 20.4 Å². The van der Waals surface area contributed by atoms with Gasteiger partial charge in [-0.25, -0.2) is 0 Å². The van der Waals surface area contributed by atoms with Gasteiger partial charge in [-0.2, -0.15) is 0 Å². The number of nitrogens with zero attached hydrogens (tertiary/aromatic N) is 2. The van der Waals surface area contributed by atoms with Crippen LogP contribution in [0.4, 0.5) is 0 Å². The number of benzene rings is 1. The molecule has 3 amide bonds. The molecule has 0 radical (unpaired) electrons. The Hall–Kier alpha value is -2.45. The van der Waals surface area contributed by atoms with E-state index in [0.29, 0.717) is 44.0 Å². The summed E-state index contributed by atoms with van der Waals surface area (Å²) in [6, 6.07) is 7.40. The number of likely N-dealkylation sites (tertiary alicyclic amines) is 1. The third-order valence-corrected chi connectivity index (χ3v) is 8.95. The second kappa shape index (κ2) is 14.3. The van der Waals surface area contributed by atoms with E-state index < -0.39 is 5.54 Å². The van der Waals surface area contributed by atoms with Crippen molar-refractivity contribution < 1.29 is 19.1 Å². The summed E-state index contributed by atoms with van der Waals surface area (Å²) in [5, 5.41) is 6.11. The minimum Gasteiger partial charge on any atom is -0.385 e. The lowest BCUT2D eigenvalue weighted by molar-refractivity contribution is -0.162. The van der Waals surface area contributed by atoms with Crippen LogP contribution in [0.15, 0.2) is 24.3 Å². The van der Waals surface area contributed by atoms with Crippen LogP contribution in [0.5, 0.6) is 0 Å². The Labute approximate surface area is 234 Å². The van der Waals surface area contributed by atoms with Crippen molar-refractivity contribution >= 4 is 17.7 Å². The summed E-state index contributed by atoms with van der Waals surface area (Å²) in [6.07, 6.45) is 10.9. The fraction of sp³-hybridized carbons (Fsp3) is 0.710. The molecule has 0 aromatic heterocycles. The molecule has 0 unspecified atom stereocenters. The van der Waals surface area contributed by atoms with Crippen molar-refractivity contribution in [1.29, 1.82) is 0 Å². The highest BCUT2D eigenvalue weighted by Crippen LogP contribution is 2.36. The van der Waals surface area contributed by atoms with Gasteiger partial charge in [0.1, 0.15) is 11.6 Å². The molecule has 2 N–H and O–H groups in total. The Morgan fingerprint density at radius 3 is 2.46 bits per heavy atom. The van der Waals surface area contributed by atoms with Crippen molar-refractivity contribution in [2.75, 3.05) is 39.9 Å². The number of ether oxygens (including phenoxy) is 1. The fourth-order valence-corrected chi connectivity index (χ4v) is 6.55. The lowest BCUT2D eigenvalue weighted by atomic mass is 9.79. The van der Waals surface area contributed by atoms with Crippen LogP contribution in [-0.4, -0.2) is 79.0 Å². The number of unbranched alkanes of at least 4 members (excludes halogenated alkanes) is 1. The highest BCUT2D eigenvalue weighted by Gasteiger charge is 2.53. The number of piperidine rings is 1. The quantitative estimate of drug-likeness (QED) is 0.393. The van der Waals surface area contributed by atoms with Gasteiger partial charge in [-0.1, -0.05) is 57.6 Å². The van der Waals surface area contributed by atoms with Crippen molar-refractivity contribution in [3.8, 4) is 0 Å². The second-order valence-corrected chi connectivity index (χ2v) is 11.7. The average molecular weight is 541 g/mol. The van der Waals surface area contributed by atoms with Crippen LogP contribution in [0.1, 0.15) is 93.5 Å². The van der Waals surface area contributed by atoms with Gasteiger partial charge in [-0.05, 0) is 55.7 Å². The number of carbonyl (C=O) groups excluding carboxylic acids is 3. The predicted octanol–water partition coefficient (Wildman–Crippen LogP) is 3.89. The number of hydrogen-bond donors (Lipinski definition) is 2. The molecule has 8 nitrogen and oxygen atoms in total. The molecular formula is C31H48N4O4. The zero-order valence-corrected chi connectivity index (χ0v) is 24.0. The summed E-state index contributed by atoms with van der Waals surface area (Å²) < 4.78 is 5.02. The third-order valence-electron chi connectivity index (χ3n) is 8.95. The predicted molar refractivity (Wildman–Crippen MR) is 152 cm³/mol. The molecule has 1 spiro atoms. The Morgan fingerprint density at radius 1 is 1.08 bits per heavy atom. The van der Waals surface area contributed by atoms with E-state index in [9.17, 15) is 14.4 Å². The smallest absolute Gasteiger partial charge is 0.251 e. The Balaban J connectivity index is 1.34. The highest BCUT2D eigenvalue weighted by atomic mass is 16.5. The maximum Gasteiger partial charge on any atom is 0.251 e. The molecule has 39 heavy (non-hydrogen) atoms. The van der Waals surface area contributed by atoms with E-state index in [1.807, 2.05) is 29.2 Å². The van der Waals surface area contributed by atoms with Crippen molar-refractivity contribution in [3.63, 3.8) is 0 Å². The number of rotatable bonds is 12. The molecule has 2 heterocycles. The van der Waals surface area contributed by atoms with E-state index in [1.165, 1.54) is 32.1 Å². The van der Waals surface area contributed by atoms with Gasteiger partial charge in [0.2, 0.25) is 11.8 Å². The number of amides is 3. The fourth-order valence-electron chi connectivity index (χ4n) is 6.55. The molecule has 8 heteroatoms. The van der Waals surface area contributed by atoms with Crippen LogP contribution >= 0.6 is 0 Å². The summed E-state index contributed by atoms with van der Waals surface area (Å²) in [7, 11) is 1.66. The van der Waals surface area contributed by atoms with E-state index in [4.69, 9.17) is 4.74 Å². The first-order valence-electron chi connectivity index (χ1n) is 15.2. The molecule has 1 aliphatic carbocycles. The van der Waals surface area contributed by atoms with Crippen LogP contribution in [0.3, 0.4) is 0 Å². The van der Waals surface area contributed by atoms with Crippen LogP contribution in [0.25, 0.3) is 0 Å². The summed E-state index contributed by atoms with van der Waals surface area (Å²) in [5.74, 6) is 0.669. The van der Waals surface area contributed by atoms with Crippen LogP contribution < -0.4 is 10.6 Å². The minimum atomic E-state index is -0.726. The molecule has 3 fully saturated rings. The minimum absolute atomic E-state index is 0.0551. The Bertz CT molecular complexity index is 952. The lowest BCUT2D eigenvalue weighted by Gasteiger charge is -2.52. The van der Waals surface area contributed by atoms with Gasteiger partial charge in [0.15, 0.2) is 0 Å². The molecule has 1 aromatic rings.